The van der Waals surface area contributed by atoms with E-state index < -0.39 is 0 Å². The van der Waals surface area contributed by atoms with Crippen molar-refractivity contribution in [3.63, 3.8) is 0 Å². The maximum Gasteiger partial charge on any atom is 0.147 e. The van der Waals surface area contributed by atoms with Crippen LogP contribution >= 0.6 is 11.6 Å². The predicted molar refractivity (Wildman–Crippen MR) is 81.6 cm³/mol. The minimum Gasteiger partial charge on any atom is -0.455 e. The fourth-order valence-electron chi connectivity index (χ4n) is 2.04. The molecule has 0 aliphatic carbocycles. The molecule has 0 unspecified atom stereocenters. The van der Waals surface area contributed by atoms with Crippen molar-refractivity contribution in [2.45, 2.75) is 20.8 Å². The molecule has 0 saturated heterocycles. The van der Waals surface area contributed by atoms with Gasteiger partial charge in [-0.3, -0.25) is 0 Å². The van der Waals surface area contributed by atoms with Crippen LogP contribution in [0.3, 0.4) is 0 Å². The molecule has 0 amide bonds. The molecule has 0 heterocycles. The van der Waals surface area contributed by atoms with Gasteiger partial charge in [-0.15, -0.1) is 0 Å². The zero-order chi connectivity index (χ0) is 15.6. The number of halogens is 1. The lowest BCUT2D eigenvalue weighted by Gasteiger charge is -2.13. The Kier molecular flexibility index (Phi) is 4.17. The molecule has 0 N–H and O–H groups in total. The SMILES string of the molecule is Cc1cc(C)c(C)c(Oc2cc(C#N)c(C#N)cc2Cl)c1. The lowest BCUT2D eigenvalue weighted by Crippen LogP contribution is -1.94. The molecule has 2 rings (SSSR count). The number of rotatable bonds is 2. The van der Waals surface area contributed by atoms with E-state index in [9.17, 15) is 0 Å². The van der Waals surface area contributed by atoms with Gasteiger partial charge in [-0.1, -0.05) is 17.7 Å². The number of aryl methyl sites for hydroxylation is 2. The van der Waals surface area contributed by atoms with Crippen LogP contribution in [-0.2, 0) is 0 Å². The summed E-state index contributed by atoms with van der Waals surface area (Å²) in [6.07, 6.45) is 0. The Hall–Kier alpha value is -2.49. The van der Waals surface area contributed by atoms with E-state index in [0.717, 1.165) is 16.7 Å². The van der Waals surface area contributed by atoms with E-state index >= 15 is 0 Å². The van der Waals surface area contributed by atoms with E-state index in [1.165, 1.54) is 12.1 Å². The Morgan fingerprint density at radius 3 is 2.14 bits per heavy atom. The quantitative estimate of drug-likeness (QED) is 0.799. The van der Waals surface area contributed by atoms with Gasteiger partial charge in [-0.05, 0) is 49.6 Å². The van der Waals surface area contributed by atoms with Crippen molar-refractivity contribution in [1.29, 1.82) is 10.5 Å². The largest absolute Gasteiger partial charge is 0.455 e. The molecule has 0 saturated carbocycles. The highest BCUT2D eigenvalue weighted by Gasteiger charge is 2.12. The van der Waals surface area contributed by atoms with Crippen molar-refractivity contribution in [3.8, 4) is 23.6 Å². The molecule has 0 bridgehead atoms. The number of nitriles is 2. The van der Waals surface area contributed by atoms with Crippen LogP contribution in [0, 0.1) is 43.4 Å². The minimum absolute atomic E-state index is 0.243. The Labute approximate surface area is 129 Å². The number of benzene rings is 2. The van der Waals surface area contributed by atoms with Gasteiger partial charge in [0.25, 0.3) is 0 Å². The topological polar surface area (TPSA) is 56.8 Å². The van der Waals surface area contributed by atoms with Crippen LogP contribution in [0.2, 0.25) is 5.02 Å². The second kappa shape index (κ2) is 5.87. The molecule has 0 spiro atoms. The second-order valence-corrected chi connectivity index (χ2v) is 5.27. The van der Waals surface area contributed by atoms with E-state index in [1.807, 2.05) is 39.0 Å². The van der Waals surface area contributed by atoms with Crippen molar-refractivity contribution in [2.75, 3.05) is 0 Å². The van der Waals surface area contributed by atoms with Crippen molar-refractivity contribution in [2.24, 2.45) is 0 Å². The van der Waals surface area contributed by atoms with Gasteiger partial charge in [0.05, 0.1) is 16.1 Å². The molecule has 21 heavy (non-hydrogen) atoms. The molecule has 0 aromatic heterocycles. The van der Waals surface area contributed by atoms with E-state index in [-0.39, 0.29) is 11.1 Å². The predicted octanol–water partition coefficient (Wildman–Crippen LogP) is 4.80. The fraction of sp³-hybridized carbons (Fsp3) is 0.176. The minimum atomic E-state index is 0.243. The van der Waals surface area contributed by atoms with Gasteiger partial charge in [-0.25, -0.2) is 0 Å². The van der Waals surface area contributed by atoms with Crippen molar-refractivity contribution >= 4 is 11.6 Å². The van der Waals surface area contributed by atoms with Crippen LogP contribution in [0.5, 0.6) is 11.5 Å². The van der Waals surface area contributed by atoms with Crippen LogP contribution in [0.4, 0.5) is 0 Å². The van der Waals surface area contributed by atoms with Crippen molar-refractivity contribution in [1.82, 2.24) is 0 Å². The second-order valence-electron chi connectivity index (χ2n) is 4.86. The summed E-state index contributed by atoms with van der Waals surface area (Å²) in [6.45, 7) is 5.96. The summed E-state index contributed by atoms with van der Waals surface area (Å²) < 4.78 is 5.85. The molecule has 4 heteroatoms. The van der Waals surface area contributed by atoms with Gasteiger partial charge in [0.15, 0.2) is 0 Å². The summed E-state index contributed by atoms with van der Waals surface area (Å²) in [5.74, 6) is 1.07. The van der Waals surface area contributed by atoms with Gasteiger partial charge < -0.3 is 4.74 Å². The standard InChI is InChI=1S/C17H13ClN2O/c1-10-4-11(2)12(3)16(5-10)21-17-7-14(9-20)13(8-19)6-15(17)18/h4-7H,1-3H3. The first-order chi connectivity index (χ1) is 9.96. The van der Waals surface area contributed by atoms with E-state index in [2.05, 4.69) is 6.07 Å². The molecule has 0 atom stereocenters. The first-order valence-electron chi connectivity index (χ1n) is 6.35. The van der Waals surface area contributed by atoms with Gasteiger partial charge in [-0.2, -0.15) is 10.5 Å². The number of hydrogen-bond acceptors (Lipinski definition) is 3. The average molecular weight is 297 g/mol. The molecule has 3 nitrogen and oxygen atoms in total. The molecule has 2 aromatic carbocycles. The zero-order valence-electron chi connectivity index (χ0n) is 12.0. The monoisotopic (exact) mass is 296 g/mol. The Morgan fingerprint density at radius 2 is 1.52 bits per heavy atom. The summed E-state index contributed by atoms with van der Waals surface area (Å²) in [7, 11) is 0. The third kappa shape index (κ3) is 2.99. The number of hydrogen-bond donors (Lipinski definition) is 0. The van der Waals surface area contributed by atoms with E-state index in [1.54, 1.807) is 0 Å². The molecule has 2 aromatic rings. The molecule has 0 aliphatic heterocycles. The first-order valence-corrected chi connectivity index (χ1v) is 6.73. The third-order valence-corrected chi connectivity index (χ3v) is 3.59. The van der Waals surface area contributed by atoms with Crippen LogP contribution in [0.15, 0.2) is 24.3 Å². The third-order valence-electron chi connectivity index (χ3n) is 3.30. The molecule has 104 valence electrons. The highest BCUT2D eigenvalue weighted by molar-refractivity contribution is 6.32. The summed E-state index contributed by atoms with van der Waals surface area (Å²) in [5.41, 5.74) is 3.71. The van der Waals surface area contributed by atoms with Gasteiger partial charge in [0, 0.05) is 6.07 Å². The highest BCUT2D eigenvalue weighted by atomic mass is 35.5. The summed E-state index contributed by atoms with van der Waals surface area (Å²) in [4.78, 5) is 0. The Balaban J connectivity index is 2.51. The lowest BCUT2D eigenvalue weighted by molar-refractivity contribution is 0.478. The Morgan fingerprint density at radius 1 is 0.905 bits per heavy atom. The van der Waals surface area contributed by atoms with Crippen LogP contribution in [0.1, 0.15) is 27.8 Å². The van der Waals surface area contributed by atoms with Crippen molar-refractivity contribution < 1.29 is 4.74 Å². The maximum absolute atomic E-state index is 9.07. The summed E-state index contributed by atoms with van der Waals surface area (Å²) in [5, 5.41) is 18.4. The molecule has 0 radical (unpaired) electrons. The van der Waals surface area contributed by atoms with Gasteiger partial charge in [0.1, 0.15) is 23.6 Å². The van der Waals surface area contributed by atoms with E-state index in [0.29, 0.717) is 16.5 Å². The smallest absolute Gasteiger partial charge is 0.147 e. The normalized spacial score (nSPS) is 9.81. The van der Waals surface area contributed by atoms with Gasteiger partial charge >= 0.3 is 0 Å². The average Bonchev–Trinajstić information content (AvgIpc) is 2.45. The lowest BCUT2D eigenvalue weighted by atomic mass is 10.1. The van der Waals surface area contributed by atoms with Crippen molar-refractivity contribution in [3.05, 3.63) is 57.1 Å². The molecular formula is C17H13ClN2O. The van der Waals surface area contributed by atoms with Crippen LogP contribution in [0.25, 0.3) is 0 Å². The zero-order valence-corrected chi connectivity index (χ0v) is 12.7. The van der Waals surface area contributed by atoms with Crippen LogP contribution < -0.4 is 4.74 Å². The van der Waals surface area contributed by atoms with Gasteiger partial charge in [0.2, 0.25) is 0 Å². The fourth-order valence-corrected chi connectivity index (χ4v) is 2.24. The number of ether oxygens (including phenoxy) is 1. The molecule has 0 aliphatic rings. The molecular weight excluding hydrogens is 284 g/mol. The summed E-state index contributed by atoms with van der Waals surface area (Å²) >= 11 is 6.13. The maximum atomic E-state index is 9.07. The number of nitrogens with zero attached hydrogens (tertiary/aromatic N) is 2. The van der Waals surface area contributed by atoms with Crippen LogP contribution in [-0.4, -0.2) is 0 Å². The van der Waals surface area contributed by atoms with E-state index in [4.69, 9.17) is 26.9 Å². The Bertz CT molecular complexity index is 798. The highest BCUT2D eigenvalue weighted by Crippen LogP contribution is 2.34. The summed E-state index contributed by atoms with van der Waals surface area (Å²) in [6, 6.07) is 10.9. The first kappa shape index (κ1) is 14.9. The molecule has 0 fully saturated rings.